The molecule has 0 unspecified atom stereocenters. The number of hydrogen-bond acceptors (Lipinski definition) is 4. The zero-order chi connectivity index (χ0) is 13.9. The van der Waals surface area contributed by atoms with Gasteiger partial charge in [-0.3, -0.25) is 4.79 Å². The summed E-state index contributed by atoms with van der Waals surface area (Å²) in [6.45, 7) is 3.57. The van der Waals surface area contributed by atoms with E-state index >= 15 is 0 Å². The molecule has 0 aromatic carbocycles. The van der Waals surface area contributed by atoms with Crippen LogP contribution >= 0.6 is 0 Å². The molecule has 19 heavy (non-hydrogen) atoms. The minimum atomic E-state index is 0.151. The van der Waals surface area contributed by atoms with Crippen molar-refractivity contribution in [3.8, 4) is 0 Å². The molecule has 5 nitrogen and oxygen atoms in total. The van der Waals surface area contributed by atoms with E-state index in [0.29, 0.717) is 19.1 Å². The number of unbranched alkanes of at least 4 members (excludes halogenated alkanes) is 2. The summed E-state index contributed by atoms with van der Waals surface area (Å²) in [7, 11) is 1.84. The molecule has 1 rings (SSSR count). The highest BCUT2D eigenvalue weighted by Gasteiger charge is 2.14. The maximum Gasteiger partial charge on any atom is 0.224 e. The third-order valence-electron chi connectivity index (χ3n) is 3.53. The molecule has 2 N–H and O–H groups in total. The number of amides is 1. The Morgan fingerprint density at radius 3 is 2.74 bits per heavy atom. The van der Waals surface area contributed by atoms with Crippen LogP contribution in [0, 0.1) is 0 Å². The number of hydrogen-bond donors (Lipinski definition) is 2. The molecule has 1 amide bonds. The van der Waals surface area contributed by atoms with Gasteiger partial charge in [-0.1, -0.05) is 0 Å². The van der Waals surface area contributed by atoms with Crippen molar-refractivity contribution in [1.29, 1.82) is 0 Å². The third kappa shape index (κ3) is 7.50. The second kappa shape index (κ2) is 10.2. The van der Waals surface area contributed by atoms with Crippen LogP contribution in [0.15, 0.2) is 0 Å². The van der Waals surface area contributed by atoms with E-state index in [-0.39, 0.29) is 12.5 Å². The van der Waals surface area contributed by atoms with Crippen LogP contribution in [0.2, 0.25) is 0 Å². The molecule has 1 saturated heterocycles. The molecule has 1 fully saturated rings. The van der Waals surface area contributed by atoms with Gasteiger partial charge in [-0.15, -0.1) is 0 Å². The summed E-state index contributed by atoms with van der Waals surface area (Å²) in [5, 5.41) is 12.0. The number of aliphatic hydroxyl groups excluding tert-OH is 1. The largest absolute Gasteiger partial charge is 0.396 e. The van der Waals surface area contributed by atoms with E-state index in [9.17, 15) is 4.79 Å². The van der Waals surface area contributed by atoms with Gasteiger partial charge in [-0.25, -0.2) is 0 Å². The SMILES string of the molecule is CN(CCCCCO)C(=O)CCOC1CCNCC1. The number of nitrogens with zero attached hydrogens (tertiary/aromatic N) is 1. The standard InChI is InChI=1S/C14H28N2O3/c1-16(10-3-2-4-11-17)14(18)7-12-19-13-5-8-15-9-6-13/h13,15,17H,2-12H2,1H3. The lowest BCUT2D eigenvalue weighted by Gasteiger charge is -2.23. The van der Waals surface area contributed by atoms with Crippen molar-refractivity contribution >= 4 is 5.91 Å². The Bertz CT molecular complexity index is 243. The minimum Gasteiger partial charge on any atom is -0.396 e. The summed E-state index contributed by atoms with van der Waals surface area (Å²) in [4.78, 5) is 13.6. The lowest BCUT2D eigenvalue weighted by Crippen LogP contribution is -2.34. The predicted octanol–water partition coefficient (Wildman–Crippen LogP) is 0.766. The summed E-state index contributed by atoms with van der Waals surface area (Å²) in [5.74, 6) is 0.151. The second-order valence-corrected chi connectivity index (χ2v) is 5.17. The van der Waals surface area contributed by atoms with Gasteiger partial charge in [0.1, 0.15) is 0 Å². The van der Waals surface area contributed by atoms with Gasteiger partial charge in [0.05, 0.1) is 19.1 Å². The lowest BCUT2D eigenvalue weighted by molar-refractivity contribution is -0.131. The Morgan fingerprint density at radius 2 is 2.05 bits per heavy atom. The van der Waals surface area contributed by atoms with Crippen molar-refractivity contribution in [2.45, 2.75) is 44.6 Å². The highest BCUT2D eigenvalue weighted by atomic mass is 16.5. The fraction of sp³-hybridized carbons (Fsp3) is 0.929. The summed E-state index contributed by atoms with van der Waals surface area (Å²) < 4.78 is 5.73. The van der Waals surface area contributed by atoms with E-state index in [1.54, 1.807) is 4.90 Å². The minimum absolute atomic E-state index is 0.151. The number of carbonyl (C=O) groups excluding carboxylic acids is 1. The number of carbonyl (C=O) groups is 1. The van der Waals surface area contributed by atoms with Gasteiger partial charge in [-0.05, 0) is 45.2 Å². The number of piperidine rings is 1. The molecule has 5 heteroatoms. The first-order valence-electron chi connectivity index (χ1n) is 7.41. The fourth-order valence-corrected chi connectivity index (χ4v) is 2.23. The van der Waals surface area contributed by atoms with E-state index < -0.39 is 0 Å². The molecule has 0 aromatic rings. The zero-order valence-electron chi connectivity index (χ0n) is 12.1. The Kier molecular flexibility index (Phi) is 8.79. The van der Waals surface area contributed by atoms with E-state index in [2.05, 4.69) is 5.32 Å². The highest BCUT2D eigenvalue weighted by Crippen LogP contribution is 2.08. The number of nitrogens with one attached hydrogen (secondary N) is 1. The van der Waals surface area contributed by atoms with Crippen molar-refractivity contribution in [1.82, 2.24) is 10.2 Å². The van der Waals surface area contributed by atoms with Crippen molar-refractivity contribution < 1.29 is 14.6 Å². The van der Waals surface area contributed by atoms with Crippen LogP contribution < -0.4 is 5.32 Å². The molecule has 1 aliphatic heterocycles. The monoisotopic (exact) mass is 272 g/mol. The van der Waals surface area contributed by atoms with Gasteiger partial charge in [0.2, 0.25) is 5.91 Å². The first-order chi connectivity index (χ1) is 9.24. The Hall–Kier alpha value is -0.650. The number of aliphatic hydroxyl groups is 1. The van der Waals surface area contributed by atoms with Gasteiger partial charge in [-0.2, -0.15) is 0 Å². The first kappa shape index (κ1) is 16.4. The highest BCUT2D eigenvalue weighted by molar-refractivity contribution is 5.75. The van der Waals surface area contributed by atoms with E-state index in [0.717, 1.165) is 51.7 Å². The summed E-state index contributed by atoms with van der Waals surface area (Å²) in [5.41, 5.74) is 0. The van der Waals surface area contributed by atoms with Gasteiger partial charge in [0.25, 0.3) is 0 Å². The lowest BCUT2D eigenvalue weighted by atomic mass is 10.1. The van der Waals surface area contributed by atoms with Crippen molar-refractivity contribution in [2.24, 2.45) is 0 Å². The predicted molar refractivity (Wildman–Crippen MR) is 75.0 cm³/mol. The Labute approximate surface area is 116 Å². The number of rotatable bonds is 9. The first-order valence-corrected chi connectivity index (χ1v) is 7.41. The average Bonchev–Trinajstić information content (AvgIpc) is 2.44. The van der Waals surface area contributed by atoms with Crippen LogP contribution in [-0.4, -0.2) is 61.9 Å². The smallest absolute Gasteiger partial charge is 0.224 e. The van der Waals surface area contributed by atoms with E-state index in [4.69, 9.17) is 9.84 Å². The van der Waals surface area contributed by atoms with Crippen molar-refractivity contribution in [3.63, 3.8) is 0 Å². The molecule has 0 atom stereocenters. The fourth-order valence-electron chi connectivity index (χ4n) is 2.23. The second-order valence-electron chi connectivity index (χ2n) is 5.17. The normalized spacial score (nSPS) is 16.5. The molecular weight excluding hydrogens is 244 g/mol. The van der Waals surface area contributed by atoms with E-state index in [1.807, 2.05) is 7.05 Å². The molecule has 0 radical (unpaired) electrons. The van der Waals surface area contributed by atoms with Gasteiger partial charge >= 0.3 is 0 Å². The van der Waals surface area contributed by atoms with Crippen molar-refractivity contribution in [2.75, 3.05) is 39.9 Å². The zero-order valence-corrected chi connectivity index (χ0v) is 12.1. The Morgan fingerprint density at radius 1 is 1.32 bits per heavy atom. The Balaban J connectivity index is 2.02. The van der Waals surface area contributed by atoms with Crippen LogP contribution in [0.5, 0.6) is 0 Å². The van der Waals surface area contributed by atoms with Crippen molar-refractivity contribution in [3.05, 3.63) is 0 Å². The van der Waals surface area contributed by atoms with Gasteiger partial charge < -0.3 is 20.1 Å². The van der Waals surface area contributed by atoms with E-state index in [1.165, 1.54) is 0 Å². The molecule has 112 valence electrons. The molecule has 0 spiro atoms. The summed E-state index contributed by atoms with van der Waals surface area (Å²) in [6.07, 6.45) is 5.64. The molecule has 0 aromatic heterocycles. The maximum atomic E-state index is 11.8. The van der Waals surface area contributed by atoms with Gasteiger partial charge in [0, 0.05) is 20.2 Å². The molecule has 0 saturated carbocycles. The maximum absolute atomic E-state index is 11.8. The summed E-state index contributed by atoms with van der Waals surface area (Å²) >= 11 is 0. The van der Waals surface area contributed by atoms with Gasteiger partial charge in [0.15, 0.2) is 0 Å². The summed E-state index contributed by atoms with van der Waals surface area (Å²) in [6, 6.07) is 0. The van der Waals surface area contributed by atoms with Crippen LogP contribution in [-0.2, 0) is 9.53 Å². The topological polar surface area (TPSA) is 61.8 Å². The molecule has 1 aliphatic rings. The average molecular weight is 272 g/mol. The third-order valence-corrected chi connectivity index (χ3v) is 3.53. The molecule has 0 bridgehead atoms. The van der Waals surface area contributed by atoms with Crippen LogP contribution in [0.4, 0.5) is 0 Å². The quantitative estimate of drug-likeness (QED) is 0.609. The molecular formula is C14H28N2O3. The van der Waals surface area contributed by atoms with Crippen LogP contribution in [0.1, 0.15) is 38.5 Å². The molecule has 0 aliphatic carbocycles. The van der Waals surface area contributed by atoms with Crippen LogP contribution in [0.3, 0.4) is 0 Å². The molecule has 1 heterocycles. The number of ether oxygens (including phenoxy) is 1. The van der Waals surface area contributed by atoms with Crippen LogP contribution in [0.25, 0.3) is 0 Å².